The van der Waals surface area contributed by atoms with Crippen LogP contribution in [0, 0.1) is 13.8 Å². The van der Waals surface area contributed by atoms with E-state index in [0.29, 0.717) is 38.6 Å². The Morgan fingerprint density at radius 3 is 1.78 bits per heavy atom. The Morgan fingerprint density at radius 2 is 1.28 bits per heavy atom. The van der Waals surface area contributed by atoms with Crippen molar-refractivity contribution in [3.63, 3.8) is 0 Å². The zero-order chi connectivity index (χ0) is 23.0. The van der Waals surface area contributed by atoms with Crippen LogP contribution in [-0.2, 0) is 14.3 Å². The van der Waals surface area contributed by atoms with E-state index in [4.69, 9.17) is 23.9 Å². The van der Waals surface area contributed by atoms with Gasteiger partial charge in [-0.1, -0.05) is 23.5 Å². The summed E-state index contributed by atoms with van der Waals surface area (Å²) in [6, 6.07) is 7.86. The average molecular weight is 471 g/mol. The molecule has 0 spiro atoms. The molecule has 2 heterocycles. The zero-order valence-electron chi connectivity index (χ0n) is 18.6. The summed E-state index contributed by atoms with van der Waals surface area (Å²) in [5.41, 5.74) is 3.54. The zero-order valence-corrected chi connectivity index (χ0v) is 20.2. The second kappa shape index (κ2) is 8.91. The SMILES string of the molecule is COC(=O)C1=Nc2c(OC)cc(C)cc2S/C1=C1/Sc2cc(C)cc(OC)c2N=C1OC. The van der Waals surface area contributed by atoms with E-state index in [1.807, 2.05) is 38.1 Å². The monoisotopic (exact) mass is 470 g/mol. The van der Waals surface area contributed by atoms with Gasteiger partial charge in [-0.05, 0) is 49.2 Å². The molecule has 0 fully saturated rings. The Balaban J connectivity index is 1.95. The lowest BCUT2D eigenvalue weighted by molar-refractivity contribution is -0.132. The summed E-state index contributed by atoms with van der Waals surface area (Å²) in [6.07, 6.45) is 0. The third kappa shape index (κ3) is 3.86. The number of methoxy groups -OCH3 is 4. The number of rotatable bonds is 3. The lowest BCUT2D eigenvalue weighted by Crippen LogP contribution is -2.22. The molecule has 0 saturated carbocycles. The first-order valence-electron chi connectivity index (χ1n) is 9.67. The predicted octanol–water partition coefficient (Wildman–Crippen LogP) is 5.37. The van der Waals surface area contributed by atoms with Gasteiger partial charge in [0.15, 0.2) is 5.71 Å². The maximum absolute atomic E-state index is 12.7. The van der Waals surface area contributed by atoms with Crippen LogP contribution in [0.4, 0.5) is 11.4 Å². The molecule has 9 heteroatoms. The maximum atomic E-state index is 12.7. The number of nitrogens with zero attached hydrogens (tertiary/aromatic N) is 2. The topological polar surface area (TPSA) is 78.7 Å². The summed E-state index contributed by atoms with van der Waals surface area (Å²) in [7, 11) is 6.08. The molecule has 0 unspecified atom stereocenters. The number of carbonyl (C=O) groups is 1. The number of aryl methyl sites for hydroxylation is 2. The molecule has 2 aromatic carbocycles. The van der Waals surface area contributed by atoms with E-state index >= 15 is 0 Å². The third-order valence-electron chi connectivity index (χ3n) is 4.86. The molecule has 2 aliphatic rings. The molecule has 0 amide bonds. The normalized spacial score (nSPS) is 16.9. The second-order valence-corrected chi connectivity index (χ2v) is 9.17. The van der Waals surface area contributed by atoms with Crippen LogP contribution < -0.4 is 9.47 Å². The molecule has 0 N–H and O–H groups in total. The number of hydrogen-bond acceptors (Lipinski definition) is 9. The van der Waals surface area contributed by atoms with Gasteiger partial charge in [-0.25, -0.2) is 14.8 Å². The van der Waals surface area contributed by atoms with E-state index in [1.165, 1.54) is 30.6 Å². The molecule has 7 nitrogen and oxygen atoms in total. The Hall–Kier alpha value is -2.91. The van der Waals surface area contributed by atoms with Crippen LogP contribution in [0.2, 0.25) is 0 Å². The van der Waals surface area contributed by atoms with Gasteiger partial charge >= 0.3 is 5.97 Å². The largest absolute Gasteiger partial charge is 0.494 e. The molecule has 0 aliphatic carbocycles. The predicted molar refractivity (Wildman–Crippen MR) is 127 cm³/mol. The Morgan fingerprint density at radius 1 is 0.750 bits per heavy atom. The van der Waals surface area contributed by atoms with Crippen LogP contribution in [0.3, 0.4) is 0 Å². The van der Waals surface area contributed by atoms with Crippen molar-refractivity contribution in [1.82, 2.24) is 0 Å². The summed E-state index contributed by atoms with van der Waals surface area (Å²) in [5, 5.41) is 0. The van der Waals surface area contributed by atoms with Gasteiger partial charge < -0.3 is 18.9 Å². The third-order valence-corrected chi connectivity index (χ3v) is 7.23. The van der Waals surface area contributed by atoms with E-state index in [1.54, 1.807) is 21.3 Å². The summed E-state index contributed by atoms with van der Waals surface area (Å²) < 4.78 is 21.7. The number of benzene rings is 2. The van der Waals surface area contributed by atoms with E-state index in [-0.39, 0.29) is 5.71 Å². The van der Waals surface area contributed by atoms with Crippen molar-refractivity contribution in [2.45, 2.75) is 23.6 Å². The summed E-state index contributed by atoms with van der Waals surface area (Å²) in [4.78, 5) is 25.2. The highest BCUT2D eigenvalue weighted by Crippen LogP contribution is 2.52. The minimum Gasteiger partial charge on any atom is -0.494 e. The van der Waals surface area contributed by atoms with E-state index in [2.05, 4.69) is 4.99 Å². The van der Waals surface area contributed by atoms with Crippen molar-refractivity contribution in [2.75, 3.05) is 28.4 Å². The number of thioether (sulfide) groups is 2. The van der Waals surface area contributed by atoms with Gasteiger partial charge in [0.1, 0.15) is 22.9 Å². The highest BCUT2D eigenvalue weighted by atomic mass is 32.2. The van der Waals surface area contributed by atoms with Crippen molar-refractivity contribution in [3.05, 3.63) is 45.2 Å². The molecule has 2 aromatic rings. The molecule has 0 radical (unpaired) electrons. The molecule has 32 heavy (non-hydrogen) atoms. The molecule has 4 rings (SSSR count). The molecule has 0 atom stereocenters. The fourth-order valence-corrected chi connectivity index (χ4v) is 5.89. The lowest BCUT2D eigenvalue weighted by atomic mass is 10.2. The van der Waals surface area contributed by atoms with Crippen LogP contribution in [0.25, 0.3) is 0 Å². The van der Waals surface area contributed by atoms with Crippen LogP contribution in [0.1, 0.15) is 11.1 Å². The number of aliphatic imine (C=N–C) groups is 2. The van der Waals surface area contributed by atoms with Gasteiger partial charge in [0.2, 0.25) is 5.90 Å². The first-order valence-corrected chi connectivity index (χ1v) is 11.3. The minimum absolute atomic E-state index is 0.183. The maximum Gasteiger partial charge on any atom is 0.357 e. The highest BCUT2D eigenvalue weighted by Gasteiger charge is 2.34. The first-order chi connectivity index (χ1) is 15.4. The number of ether oxygens (including phenoxy) is 4. The molecular formula is C23H22N2O5S2. The Kier molecular flexibility index (Phi) is 6.21. The van der Waals surface area contributed by atoms with Gasteiger partial charge in [-0.3, -0.25) is 0 Å². The van der Waals surface area contributed by atoms with Crippen molar-refractivity contribution < 1.29 is 23.7 Å². The molecule has 166 valence electrons. The first kappa shape index (κ1) is 22.3. The van der Waals surface area contributed by atoms with Gasteiger partial charge in [0, 0.05) is 9.79 Å². The van der Waals surface area contributed by atoms with Crippen molar-refractivity contribution in [1.29, 1.82) is 0 Å². The number of fused-ring (bicyclic) bond motifs is 2. The number of esters is 1. The smallest absolute Gasteiger partial charge is 0.357 e. The Labute approximate surface area is 194 Å². The van der Waals surface area contributed by atoms with Crippen LogP contribution in [0.5, 0.6) is 11.5 Å². The van der Waals surface area contributed by atoms with Crippen molar-refractivity contribution in [2.24, 2.45) is 9.98 Å². The Bertz CT molecular complexity index is 1220. The molecule has 0 bridgehead atoms. The summed E-state index contributed by atoms with van der Waals surface area (Å²) >= 11 is 2.89. The van der Waals surface area contributed by atoms with Crippen molar-refractivity contribution in [3.8, 4) is 11.5 Å². The number of hydrogen-bond donors (Lipinski definition) is 0. The van der Waals surface area contributed by atoms with Crippen LogP contribution >= 0.6 is 23.5 Å². The molecular weight excluding hydrogens is 448 g/mol. The standard InChI is InChI=1S/C23H22N2O5S2/c1-11-7-13(27-3)17-15(9-11)31-20(19(24-17)23(26)30-6)21-22(29-5)25-18-14(28-4)8-12(2)10-16(18)32-21/h7-10H,1-6H3/b21-20+. The van der Waals surface area contributed by atoms with Gasteiger partial charge in [-0.2, -0.15) is 0 Å². The number of carbonyl (C=O) groups excluding carboxylic acids is 1. The summed E-state index contributed by atoms with van der Waals surface area (Å²) in [5.74, 6) is 1.10. The average Bonchev–Trinajstić information content (AvgIpc) is 2.80. The fraction of sp³-hybridized carbons (Fsp3) is 0.261. The van der Waals surface area contributed by atoms with Crippen molar-refractivity contribution >= 4 is 52.5 Å². The minimum atomic E-state index is -0.544. The lowest BCUT2D eigenvalue weighted by Gasteiger charge is -2.25. The highest BCUT2D eigenvalue weighted by molar-refractivity contribution is 8.08. The molecule has 0 saturated heterocycles. The summed E-state index contributed by atoms with van der Waals surface area (Å²) in [6.45, 7) is 3.98. The molecule has 2 aliphatic heterocycles. The van der Waals surface area contributed by atoms with E-state index < -0.39 is 5.97 Å². The van der Waals surface area contributed by atoms with Gasteiger partial charge in [-0.15, -0.1) is 0 Å². The second-order valence-electron chi connectivity index (χ2n) is 7.06. The van der Waals surface area contributed by atoms with Crippen LogP contribution in [-0.4, -0.2) is 46.0 Å². The van der Waals surface area contributed by atoms with E-state index in [9.17, 15) is 4.79 Å². The molecule has 0 aromatic heterocycles. The van der Waals surface area contributed by atoms with Crippen LogP contribution in [0.15, 0.2) is 53.9 Å². The van der Waals surface area contributed by atoms with Gasteiger partial charge in [0.25, 0.3) is 0 Å². The van der Waals surface area contributed by atoms with Gasteiger partial charge in [0.05, 0.1) is 38.2 Å². The van der Waals surface area contributed by atoms with E-state index in [0.717, 1.165) is 20.9 Å². The quantitative estimate of drug-likeness (QED) is 0.558. The fourth-order valence-electron chi connectivity index (χ4n) is 3.41.